The SMILES string of the molecule is CCC1(CC)OC(COS(N)(=O)=O)C(c2ccccc2F)O1. The van der Waals surface area contributed by atoms with Gasteiger partial charge in [-0.05, 0) is 18.9 Å². The molecule has 1 aliphatic rings. The molecule has 0 saturated carbocycles. The lowest BCUT2D eigenvalue weighted by atomic mass is 10.0. The second-order valence-corrected chi connectivity index (χ2v) is 6.33. The third kappa shape index (κ3) is 3.82. The molecular weight excluding hydrogens is 313 g/mol. The fourth-order valence-electron chi connectivity index (χ4n) is 2.51. The van der Waals surface area contributed by atoms with E-state index >= 15 is 0 Å². The molecule has 0 amide bonds. The van der Waals surface area contributed by atoms with Gasteiger partial charge in [0.25, 0.3) is 0 Å². The first-order chi connectivity index (χ1) is 10.3. The summed E-state index contributed by atoms with van der Waals surface area (Å²) in [4.78, 5) is 0. The van der Waals surface area contributed by atoms with Gasteiger partial charge in [-0.2, -0.15) is 8.42 Å². The van der Waals surface area contributed by atoms with Gasteiger partial charge >= 0.3 is 10.3 Å². The van der Waals surface area contributed by atoms with E-state index in [9.17, 15) is 12.8 Å². The van der Waals surface area contributed by atoms with E-state index in [4.69, 9.17) is 14.6 Å². The molecule has 6 nitrogen and oxygen atoms in total. The van der Waals surface area contributed by atoms with E-state index in [2.05, 4.69) is 4.18 Å². The van der Waals surface area contributed by atoms with Crippen molar-refractivity contribution in [3.8, 4) is 0 Å². The average Bonchev–Trinajstić information content (AvgIpc) is 2.85. The molecular formula is C14H20FNO5S. The van der Waals surface area contributed by atoms with Crippen LogP contribution in [-0.4, -0.2) is 26.9 Å². The Morgan fingerprint density at radius 2 is 1.91 bits per heavy atom. The lowest BCUT2D eigenvalue weighted by Gasteiger charge is -2.25. The molecule has 124 valence electrons. The Labute approximate surface area is 129 Å². The highest BCUT2D eigenvalue weighted by atomic mass is 32.2. The van der Waals surface area contributed by atoms with Crippen LogP contribution in [0, 0.1) is 5.82 Å². The minimum Gasteiger partial charge on any atom is -0.341 e. The number of hydrogen-bond donors (Lipinski definition) is 1. The molecule has 1 aromatic rings. The zero-order valence-corrected chi connectivity index (χ0v) is 13.3. The van der Waals surface area contributed by atoms with E-state index in [-0.39, 0.29) is 6.61 Å². The van der Waals surface area contributed by atoms with Crippen molar-refractivity contribution in [2.24, 2.45) is 5.14 Å². The Kier molecular flexibility index (Phi) is 5.18. The molecule has 2 rings (SSSR count). The Bertz CT molecular complexity index is 617. The Morgan fingerprint density at radius 1 is 1.27 bits per heavy atom. The van der Waals surface area contributed by atoms with Gasteiger partial charge in [0.2, 0.25) is 0 Å². The van der Waals surface area contributed by atoms with Gasteiger partial charge in [0.05, 0.1) is 6.61 Å². The number of halogens is 1. The monoisotopic (exact) mass is 333 g/mol. The summed E-state index contributed by atoms with van der Waals surface area (Å²) in [5.41, 5.74) is 0.300. The highest BCUT2D eigenvalue weighted by molar-refractivity contribution is 7.84. The lowest BCUT2D eigenvalue weighted by molar-refractivity contribution is -0.181. The highest BCUT2D eigenvalue weighted by Gasteiger charge is 2.47. The molecule has 1 aliphatic heterocycles. The van der Waals surface area contributed by atoms with Crippen LogP contribution in [0.4, 0.5) is 4.39 Å². The van der Waals surface area contributed by atoms with Crippen molar-refractivity contribution < 1.29 is 26.5 Å². The zero-order valence-electron chi connectivity index (χ0n) is 12.5. The van der Waals surface area contributed by atoms with Crippen LogP contribution in [0.3, 0.4) is 0 Å². The van der Waals surface area contributed by atoms with E-state index < -0.39 is 34.1 Å². The Hall–Kier alpha value is -1.06. The number of hydrogen-bond acceptors (Lipinski definition) is 5. The van der Waals surface area contributed by atoms with Gasteiger partial charge in [-0.25, -0.2) is 9.53 Å². The third-order valence-corrected chi connectivity index (χ3v) is 4.20. The van der Waals surface area contributed by atoms with Crippen molar-refractivity contribution in [3.05, 3.63) is 35.6 Å². The first-order valence-corrected chi connectivity index (χ1v) is 8.54. The summed E-state index contributed by atoms with van der Waals surface area (Å²) in [7, 11) is -4.11. The zero-order chi connectivity index (χ0) is 16.4. The van der Waals surface area contributed by atoms with Gasteiger partial charge in [0.15, 0.2) is 5.79 Å². The fraction of sp³-hybridized carbons (Fsp3) is 0.571. The maximum atomic E-state index is 14.0. The summed E-state index contributed by atoms with van der Waals surface area (Å²) in [5.74, 6) is -1.33. The Morgan fingerprint density at radius 3 is 2.45 bits per heavy atom. The van der Waals surface area contributed by atoms with Gasteiger partial charge in [-0.3, -0.25) is 4.18 Å². The summed E-state index contributed by atoms with van der Waals surface area (Å²) in [6.45, 7) is 3.43. The molecule has 0 aliphatic carbocycles. The second kappa shape index (κ2) is 6.59. The van der Waals surface area contributed by atoms with Crippen molar-refractivity contribution in [3.63, 3.8) is 0 Å². The first kappa shape index (κ1) is 17.3. The van der Waals surface area contributed by atoms with E-state index in [1.165, 1.54) is 6.07 Å². The summed E-state index contributed by atoms with van der Waals surface area (Å²) in [6, 6.07) is 6.14. The third-order valence-electron chi connectivity index (χ3n) is 3.73. The molecule has 1 aromatic carbocycles. The van der Waals surface area contributed by atoms with E-state index in [0.717, 1.165) is 0 Å². The summed E-state index contributed by atoms with van der Waals surface area (Å²) >= 11 is 0. The van der Waals surface area contributed by atoms with Crippen LogP contribution in [0.2, 0.25) is 0 Å². The van der Waals surface area contributed by atoms with Gasteiger partial charge in [0.1, 0.15) is 18.0 Å². The number of nitrogens with two attached hydrogens (primary N) is 1. The van der Waals surface area contributed by atoms with Crippen LogP contribution >= 0.6 is 0 Å². The smallest absolute Gasteiger partial charge is 0.333 e. The molecule has 0 aromatic heterocycles. The maximum absolute atomic E-state index is 14.0. The molecule has 0 radical (unpaired) electrons. The van der Waals surface area contributed by atoms with Crippen LogP contribution in [0.1, 0.15) is 38.4 Å². The van der Waals surface area contributed by atoms with E-state index in [1.54, 1.807) is 18.2 Å². The molecule has 1 fully saturated rings. The van der Waals surface area contributed by atoms with E-state index in [0.29, 0.717) is 18.4 Å². The fourth-order valence-corrected chi connectivity index (χ4v) is 2.83. The molecule has 2 N–H and O–H groups in total. The van der Waals surface area contributed by atoms with Gasteiger partial charge in [-0.15, -0.1) is 0 Å². The maximum Gasteiger partial charge on any atom is 0.333 e. The van der Waals surface area contributed by atoms with Crippen molar-refractivity contribution in [1.29, 1.82) is 0 Å². The normalized spacial score (nSPS) is 24.5. The van der Waals surface area contributed by atoms with Crippen molar-refractivity contribution in [2.45, 2.75) is 44.7 Å². The van der Waals surface area contributed by atoms with Gasteiger partial charge in [-0.1, -0.05) is 32.0 Å². The summed E-state index contributed by atoms with van der Waals surface area (Å²) < 4.78 is 52.4. The molecule has 1 heterocycles. The number of ether oxygens (including phenoxy) is 2. The largest absolute Gasteiger partial charge is 0.341 e. The molecule has 0 bridgehead atoms. The predicted octanol–water partition coefficient (Wildman–Crippen LogP) is 2.02. The molecule has 2 atom stereocenters. The average molecular weight is 333 g/mol. The minimum absolute atomic E-state index is 0.300. The topological polar surface area (TPSA) is 87.9 Å². The quantitative estimate of drug-likeness (QED) is 0.860. The van der Waals surface area contributed by atoms with Gasteiger partial charge < -0.3 is 9.47 Å². The molecule has 22 heavy (non-hydrogen) atoms. The molecule has 8 heteroatoms. The summed E-state index contributed by atoms with van der Waals surface area (Å²) in [6.07, 6.45) is -0.446. The van der Waals surface area contributed by atoms with Gasteiger partial charge in [0, 0.05) is 5.56 Å². The number of benzene rings is 1. The second-order valence-electron chi connectivity index (χ2n) is 5.11. The minimum atomic E-state index is -4.11. The first-order valence-electron chi connectivity index (χ1n) is 7.07. The van der Waals surface area contributed by atoms with E-state index in [1.807, 2.05) is 13.8 Å². The lowest BCUT2D eigenvalue weighted by Crippen LogP contribution is -2.31. The predicted molar refractivity (Wildman–Crippen MR) is 77.5 cm³/mol. The standard InChI is InChI=1S/C14H20FNO5S/c1-3-14(4-2)20-12(9-19-22(16,17)18)13(21-14)10-7-5-6-8-11(10)15/h5-8,12-13H,3-4,9H2,1-2H3,(H2,16,17,18). The van der Waals surface area contributed by atoms with Crippen LogP contribution in [0.15, 0.2) is 24.3 Å². The van der Waals surface area contributed by atoms with Crippen LogP contribution in [0.5, 0.6) is 0 Å². The highest BCUT2D eigenvalue weighted by Crippen LogP contribution is 2.42. The van der Waals surface area contributed by atoms with Crippen molar-refractivity contribution in [1.82, 2.24) is 0 Å². The Balaban J connectivity index is 2.29. The molecule has 2 unspecified atom stereocenters. The van der Waals surface area contributed by atoms with Crippen molar-refractivity contribution in [2.75, 3.05) is 6.61 Å². The van der Waals surface area contributed by atoms with Crippen LogP contribution in [-0.2, 0) is 24.0 Å². The van der Waals surface area contributed by atoms with Crippen molar-refractivity contribution >= 4 is 10.3 Å². The van der Waals surface area contributed by atoms with Crippen LogP contribution in [0.25, 0.3) is 0 Å². The molecule has 0 spiro atoms. The summed E-state index contributed by atoms with van der Waals surface area (Å²) in [5, 5.41) is 4.84. The van der Waals surface area contributed by atoms with Crippen LogP contribution < -0.4 is 5.14 Å². The number of rotatable bonds is 6. The molecule has 1 saturated heterocycles.